The average Bonchev–Trinajstić information content (AvgIpc) is 3.14. The molecule has 1 aromatic carbocycles. The molecule has 0 aromatic heterocycles. The van der Waals surface area contributed by atoms with Crippen LogP contribution in [0.2, 0.25) is 0 Å². The van der Waals surface area contributed by atoms with Crippen LogP contribution in [-0.2, 0) is 10.8 Å². The smallest absolute Gasteiger partial charge is 0.0348 e. The lowest BCUT2D eigenvalue weighted by Gasteiger charge is -2.18. The highest BCUT2D eigenvalue weighted by molar-refractivity contribution is 7.84. The monoisotopic (exact) mass is 251 g/mol. The third-order valence-corrected chi connectivity index (χ3v) is 4.09. The lowest BCUT2D eigenvalue weighted by molar-refractivity contribution is 0.481. The van der Waals surface area contributed by atoms with Crippen LogP contribution in [0.1, 0.15) is 30.9 Å². The maximum Gasteiger partial charge on any atom is 0.0348 e. The van der Waals surface area contributed by atoms with Gasteiger partial charge in [-0.1, -0.05) is 30.3 Å². The number of hydrogen-bond acceptors (Lipinski definition) is 2. The van der Waals surface area contributed by atoms with Gasteiger partial charge in [-0.15, -0.1) is 0 Å². The van der Waals surface area contributed by atoms with Crippen molar-refractivity contribution in [3.8, 4) is 0 Å². The molecule has 0 saturated heterocycles. The second kappa shape index (κ2) is 6.31. The van der Waals surface area contributed by atoms with Crippen molar-refractivity contribution in [3.05, 3.63) is 35.9 Å². The van der Waals surface area contributed by atoms with Gasteiger partial charge in [0.05, 0.1) is 0 Å². The highest BCUT2D eigenvalue weighted by Gasteiger charge is 2.31. The van der Waals surface area contributed by atoms with E-state index in [2.05, 4.69) is 35.6 Å². The van der Waals surface area contributed by atoms with Gasteiger partial charge in [-0.3, -0.25) is 4.21 Å². The van der Waals surface area contributed by atoms with Crippen LogP contribution < -0.4 is 5.32 Å². The summed E-state index contributed by atoms with van der Waals surface area (Å²) in [6, 6.07) is 11.2. The number of nitrogens with one attached hydrogen (secondary N) is 1. The second-order valence-corrected chi connectivity index (χ2v) is 6.37. The number of hydrogen-bond donors (Lipinski definition) is 1. The first kappa shape index (κ1) is 12.8. The van der Waals surface area contributed by atoms with E-state index in [0.717, 1.165) is 24.6 Å². The minimum atomic E-state index is -0.660. The van der Waals surface area contributed by atoms with Crippen molar-refractivity contribution in [2.24, 2.45) is 5.92 Å². The molecule has 0 aliphatic heterocycles. The van der Waals surface area contributed by atoms with Gasteiger partial charge in [0.15, 0.2) is 0 Å². The number of benzene rings is 1. The van der Waals surface area contributed by atoms with Crippen LogP contribution in [0.3, 0.4) is 0 Å². The number of rotatable bonds is 7. The highest BCUT2D eigenvalue weighted by Crippen LogP contribution is 2.40. The van der Waals surface area contributed by atoms with Crippen molar-refractivity contribution in [2.75, 3.05) is 18.6 Å². The van der Waals surface area contributed by atoms with Gasteiger partial charge >= 0.3 is 0 Å². The molecule has 1 aliphatic rings. The van der Waals surface area contributed by atoms with Crippen LogP contribution in [-0.4, -0.2) is 22.8 Å². The molecule has 0 amide bonds. The van der Waals surface area contributed by atoms with Gasteiger partial charge in [-0.25, -0.2) is 0 Å². The van der Waals surface area contributed by atoms with Crippen LogP contribution in [0.15, 0.2) is 30.3 Å². The van der Waals surface area contributed by atoms with Gasteiger partial charge in [-0.05, 0) is 37.3 Å². The van der Waals surface area contributed by atoms with Gasteiger partial charge in [0.1, 0.15) is 0 Å². The summed E-state index contributed by atoms with van der Waals surface area (Å²) in [4.78, 5) is 0. The lowest BCUT2D eigenvalue weighted by Crippen LogP contribution is -2.25. The standard InChI is InChI=1S/C14H21NOS/c1-17(16)11-5-10-15-14(13-8-9-13)12-6-3-2-4-7-12/h2-4,6-7,13-15H,5,8-11H2,1H3. The van der Waals surface area contributed by atoms with Gasteiger partial charge in [0, 0.05) is 28.9 Å². The summed E-state index contributed by atoms with van der Waals surface area (Å²) in [7, 11) is -0.660. The van der Waals surface area contributed by atoms with Crippen molar-refractivity contribution in [1.82, 2.24) is 5.32 Å². The minimum Gasteiger partial charge on any atom is -0.310 e. The molecule has 0 spiro atoms. The lowest BCUT2D eigenvalue weighted by atomic mass is 10.0. The van der Waals surface area contributed by atoms with Crippen molar-refractivity contribution < 1.29 is 4.21 Å². The molecule has 2 rings (SSSR count). The SMILES string of the molecule is CS(=O)CCCNC(c1ccccc1)C1CC1. The summed E-state index contributed by atoms with van der Waals surface area (Å²) in [5.41, 5.74) is 1.40. The Bertz CT molecular complexity index is 362. The van der Waals surface area contributed by atoms with E-state index >= 15 is 0 Å². The van der Waals surface area contributed by atoms with E-state index in [-0.39, 0.29) is 0 Å². The molecule has 1 aromatic rings. The van der Waals surface area contributed by atoms with Crippen molar-refractivity contribution >= 4 is 10.8 Å². The molecule has 1 N–H and O–H groups in total. The Hall–Kier alpha value is -0.670. The summed E-state index contributed by atoms with van der Waals surface area (Å²) < 4.78 is 11.0. The maximum atomic E-state index is 11.0. The van der Waals surface area contributed by atoms with Gasteiger partial charge in [0.25, 0.3) is 0 Å². The van der Waals surface area contributed by atoms with Crippen molar-refractivity contribution in [2.45, 2.75) is 25.3 Å². The fraction of sp³-hybridized carbons (Fsp3) is 0.571. The Morgan fingerprint density at radius 2 is 2.06 bits per heavy atom. The van der Waals surface area contributed by atoms with E-state index in [0.29, 0.717) is 6.04 Å². The van der Waals surface area contributed by atoms with Crippen molar-refractivity contribution in [3.63, 3.8) is 0 Å². The first-order valence-electron chi connectivity index (χ1n) is 6.36. The quantitative estimate of drug-likeness (QED) is 0.754. The molecular weight excluding hydrogens is 230 g/mol. The van der Waals surface area contributed by atoms with E-state index in [4.69, 9.17) is 0 Å². The fourth-order valence-corrected chi connectivity index (χ4v) is 2.73. The van der Waals surface area contributed by atoms with E-state index in [1.807, 2.05) is 0 Å². The molecule has 17 heavy (non-hydrogen) atoms. The van der Waals surface area contributed by atoms with Crippen LogP contribution in [0.5, 0.6) is 0 Å². The van der Waals surface area contributed by atoms with Crippen LogP contribution in [0.25, 0.3) is 0 Å². The molecule has 0 radical (unpaired) electrons. The largest absolute Gasteiger partial charge is 0.310 e. The summed E-state index contributed by atoms with van der Waals surface area (Å²) in [5, 5.41) is 3.62. The maximum absolute atomic E-state index is 11.0. The highest BCUT2D eigenvalue weighted by atomic mass is 32.2. The van der Waals surface area contributed by atoms with E-state index < -0.39 is 10.8 Å². The Morgan fingerprint density at radius 3 is 2.65 bits per heavy atom. The fourth-order valence-electron chi connectivity index (χ4n) is 2.18. The molecule has 1 aliphatic carbocycles. The molecule has 1 saturated carbocycles. The van der Waals surface area contributed by atoms with E-state index in [9.17, 15) is 4.21 Å². The molecule has 3 heteroatoms. The first-order valence-corrected chi connectivity index (χ1v) is 8.08. The molecule has 2 nitrogen and oxygen atoms in total. The summed E-state index contributed by atoms with van der Waals surface area (Å²) in [5.74, 6) is 1.61. The van der Waals surface area contributed by atoms with Gasteiger partial charge in [0.2, 0.25) is 0 Å². The molecular formula is C14H21NOS. The molecule has 2 atom stereocenters. The summed E-state index contributed by atoms with van der Waals surface area (Å²) in [6.07, 6.45) is 5.45. The molecule has 2 unspecified atom stereocenters. The third kappa shape index (κ3) is 4.25. The first-order chi connectivity index (χ1) is 8.27. The average molecular weight is 251 g/mol. The van der Waals surface area contributed by atoms with Crippen molar-refractivity contribution in [1.29, 1.82) is 0 Å². The van der Waals surface area contributed by atoms with Crippen LogP contribution in [0.4, 0.5) is 0 Å². The van der Waals surface area contributed by atoms with E-state index in [1.54, 1.807) is 6.26 Å². The molecule has 0 heterocycles. The van der Waals surface area contributed by atoms with Crippen LogP contribution in [0, 0.1) is 5.92 Å². The topological polar surface area (TPSA) is 29.1 Å². The van der Waals surface area contributed by atoms with E-state index in [1.165, 1.54) is 18.4 Å². The third-order valence-electron chi connectivity index (χ3n) is 3.22. The zero-order valence-electron chi connectivity index (χ0n) is 10.4. The normalized spacial score (nSPS) is 18.9. The Morgan fingerprint density at radius 1 is 1.35 bits per heavy atom. The van der Waals surface area contributed by atoms with Crippen LogP contribution >= 0.6 is 0 Å². The second-order valence-electron chi connectivity index (χ2n) is 4.81. The minimum absolute atomic E-state index is 0.501. The molecule has 1 fully saturated rings. The molecule has 0 bridgehead atoms. The Balaban J connectivity index is 1.84. The molecule has 94 valence electrons. The Labute approximate surface area is 106 Å². The van der Waals surface area contributed by atoms with Gasteiger partial charge < -0.3 is 5.32 Å². The zero-order valence-corrected chi connectivity index (χ0v) is 11.2. The zero-order chi connectivity index (χ0) is 12.1. The Kier molecular flexibility index (Phi) is 4.75. The van der Waals surface area contributed by atoms with Gasteiger partial charge in [-0.2, -0.15) is 0 Å². The summed E-state index contributed by atoms with van der Waals surface area (Å²) >= 11 is 0. The predicted octanol–water partition coefficient (Wildman–Crippen LogP) is 2.50. The summed E-state index contributed by atoms with van der Waals surface area (Å²) in [6.45, 7) is 0.968. The predicted molar refractivity (Wildman–Crippen MR) is 73.5 cm³/mol.